The average Bonchev–Trinajstić information content (AvgIpc) is 3.02. The molecule has 0 saturated heterocycles. The third-order valence-corrected chi connectivity index (χ3v) is 6.08. The quantitative estimate of drug-likeness (QED) is 0.0802. The highest BCUT2D eigenvalue weighted by atomic mass is 16.6. The molecule has 0 atom stereocenters. The number of carbonyl (C=O) groups excluding carboxylic acids is 4. The van der Waals surface area contributed by atoms with Crippen LogP contribution in [0, 0.1) is 10.1 Å². The topological polar surface area (TPSA) is 176 Å². The number of hydrazone groups is 1. The fourth-order valence-electron chi connectivity index (χ4n) is 4.00. The normalized spacial score (nSPS) is 10.5. The van der Waals surface area contributed by atoms with Gasteiger partial charge in [-0.2, -0.15) is 5.10 Å². The Bertz CT molecular complexity index is 1770. The van der Waals surface area contributed by atoms with E-state index in [4.69, 9.17) is 14.2 Å². The van der Waals surface area contributed by atoms with Gasteiger partial charge in [-0.05, 0) is 54.1 Å². The number of nitro benzene ring substituents is 1. The van der Waals surface area contributed by atoms with Crippen molar-refractivity contribution in [2.75, 3.05) is 12.4 Å². The summed E-state index contributed by atoms with van der Waals surface area (Å²) in [7, 11) is 1.31. The average molecular weight is 611 g/mol. The molecule has 0 aromatic heterocycles. The lowest BCUT2D eigenvalue weighted by molar-refractivity contribution is -0.385. The van der Waals surface area contributed by atoms with E-state index >= 15 is 0 Å². The molecule has 13 nitrogen and oxygen atoms in total. The Balaban J connectivity index is 1.44. The van der Waals surface area contributed by atoms with Gasteiger partial charge in [0.15, 0.2) is 11.5 Å². The fraction of sp³-hybridized carbons (Fsp3) is 0.0938. The second-order valence-electron chi connectivity index (χ2n) is 9.29. The Morgan fingerprint density at radius 3 is 2.24 bits per heavy atom. The molecule has 0 unspecified atom stereocenters. The first-order chi connectivity index (χ1) is 21.6. The van der Waals surface area contributed by atoms with E-state index in [1.165, 1.54) is 56.5 Å². The predicted molar refractivity (Wildman–Crippen MR) is 163 cm³/mol. The van der Waals surface area contributed by atoms with Crippen molar-refractivity contribution in [3.8, 4) is 17.2 Å². The lowest BCUT2D eigenvalue weighted by Crippen LogP contribution is -2.18. The molecule has 4 rings (SSSR count). The number of amides is 2. The maximum absolute atomic E-state index is 12.9. The minimum Gasteiger partial charge on any atom is -0.493 e. The van der Waals surface area contributed by atoms with Crippen LogP contribution in [0.25, 0.3) is 0 Å². The minimum absolute atomic E-state index is 0.0258. The monoisotopic (exact) mass is 610 g/mol. The van der Waals surface area contributed by atoms with Crippen molar-refractivity contribution < 1.29 is 38.3 Å². The summed E-state index contributed by atoms with van der Waals surface area (Å²) in [6.45, 7) is 1.20. The van der Waals surface area contributed by atoms with Crippen LogP contribution in [0.3, 0.4) is 0 Å². The van der Waals surface area contributed by atoms with E-state index in [1.54, 1.807) is 12.1 Å². The molecular formula is C32H26N4O9. The number of benzene rings is 4. The molecule has 0 saturated carbocycles. The number of methoxy groups -OCH3 is 1. The zero-order chi connectivity index (χ0) is 32.3. The van der Waals surface area contributed by atoms with E-state index in [0.29, 0.717) is 5.69 Å². The first-order valence-corrected chi connectivity index (χ1v) is 13.3. The van der Waals surface area contributed by atoms with Crippen LogP contribution < -0.4 is 25.0 Å². The Morgan fingerprint density at radius 1 is 0.867 bits per heavy atom. The molecule has 0 bridgehead atoms. The van der Waals surface area contributed by atoms with Crippen molar-refractivity contribution in [3.63, 3.8) is 0 Å². The summed E-state index contributed by atoms with van der Waals surface area (Å²) in [5.74, 6) is -2.66. The summed E-state index contributed by atoms with van der Waals surface area (Å²) in [5, 5.41) is 18.3. The maximum Gasteiger partial charge on any atom is 0.343 e. The van der Waals surface area contributed by atoms with E-state index < -0.39 is 34.2 Å². The van der Waals surface area contributed by atoms with Crippen molar-refractivity contribution in [1.29, 1.82) is 0 Å². The minimum atomic E-state index is -0.966. The van der Waals surface area contributed by atoms with E-state index in [1.807, 2.05) is 30.3 Å². The van der Waals surface area contributed by atoms with Gasteiger partial charge in [-0.1, -0.05) is 36.4 Å². The van der Waals surface area contributed by atoms with Crippen LogP contribution in [0.2, 0.25) is 0 Å². The standard InChI is InChI=1S/C32H26N4O9/c1-20(37)44-27-16-13-23(18-28(27)43-2)32(40)45-30-24(9-6-10-26(30)36(41)42)19-33-35-31(39)22-11-14-25(15-12-22)34-29(38)17-21-7-4-3-5-8-21/h3-16,18-19H,17H2,1-2H3,(H,34,38)(H,35,39)/b33-19+. The number of nitro groups is 1. The fourth-order valence-corrected chi connectivity index (χ4v) is 4.00. The van der Waals surface area contributed by atoms with Crippen molar-refractivity contribution >= 4 is 41.3 Å². The number of hydrogen-bond donors (Lipinski definition) is 2. The molecule has 0 spiro atoms. The van der Waals surface area contributed by atoms with E-state index in [9.17, 15) is 29.3 Å². The Labute approximate surface area is 256 Å². The molecule has 4 aromatic carbocycles. The number of hydrogen-bond acceptors (Lipinski definition) is 10. The SMILES string of the molecule is COc1cc(C(=O)Oc2c(/C=N/NC(=O)c3ccc(NC(=O)Cc4ccccc4)cc3)cccc2[N+](=O)[O-])ccc1OC(C)=O. The number of nitrogens with zero attached hydrogens (tertiary/aromatic N) is 2. The van der Waals surface area contributed by atoms with Crippen LogP contribution in [0.1, 0.15) is 38.8 Å². The van der Waals surface area contributed by atoms with Gasteiger partial charge >= 0.3 is 17.6 Å². The van der Waals surface area contributed by atoms with Crippen molar-refractivity contribution in [3.05, 3.63) is 123 Å². The molecule has 45 heavy (non-hydrogen) atoms. The predicted octanol–water partition coefficient (Wildman–Crippen LogP) is 4.69. The van der Waals surface area contributed by atoms with Crippen molar-refractivity contribution in [2.45, 2.75) is 13.3 Å². The molecule has 0 aliphatic heterocycles. The lowest BCUT2D eigenvalue weighted by Gasteiger charge is -2.11. The molecule has 2 N–H and O–H groups in total. The van der Waals surface area contributed by atoms with E-state index in [-0.39, 0.29) is 40.5 Å². The van der Waals surface area contributed by atoms with Gasteiger partial charge in [-0.25, -0.2) is 10.2 Å². The molecule has 2 amide bonds. The highest BCUT2D eigenvalue weighted by Gasteiger charge is 2.23. The maximum atomic E-state index is 12.9. The van der Waals surface area contributed by atoms with Crippen LogP contribution in [0.5, 0.6) is 17.2 Å². The zero-order valence-electron chi connectivity index (χ0n) is 24.0. The summed E-state index contributed by atoms with van der Waals surface area (Å²) < 4.78 is 15.6. The third-order valence-electron chi connectivity index (χ3n) is 6.08. The molecule has 0 heterocycles. The summed E-state index contributed by atoms with van der Waals surface area (Å²) >= 11 is 0. The molecule has 0 radical (unpaired) electrons. The van der Waals surface area contributed by atoms with Gasteiger partial charge in [0.1, 0.15) is 0 Å². The van der Waals surface area contributed by atoms with Crippen LogP contribution >= 0.6 is 0 Å². The van der Waals surface area contributed by atoms with Gasteiger partial charge < -0.3 is 19.5 Å². The molecule has 4 aromatic rings. The highest BCUT2D eigenvalue weighted by molar-refractivity contribution is 5.98. The molecule has 0 aliphatic carbocycles. The largest absolute Gasteiger partial charge is 0.493 e. The molecule has 228 valence electrons. The van der Waals surface area contributed by atoms with E-state index in [2.05, 4.69) is 15.8 Å². The van der Waals surface area contributed by atoms with Crippen LogP contribution in [-0.4, -0.2) is 42.0 Å². The smallest absolute Gasteiger partial charge is 0.343 e. The second kappa shape index (κ2) is 14.7. The number of carbonyl (C=O) groups is 4. The van der Waals surface area contributed by atoms with Crippen LogP contribution in [0.4, 0.5) is 11.4 Å². The number of para-hydroxylation sites is 1. The zero-order valence-corrected chi connectivity index (χ0v) is 24.0. The molecular weight excluding hydrogens is 584 g/mol. The van der Waals surface area contributed by atoms with Gasteiger partial charge in [0.05, 0.1) is 30.2 Å². The number of ether oxygens (including phenoxy) is 3. The molecule has 13 heteroatoms. The summed E-state index contributed by atoms with van der Waals surface area (Å²) in [6.07, 6.45) is 1.29. The first kappa shape index (κ1) is 31.6. The van der Waals surface area contributed by atoms with Gasteiger partial charge in [0, 0.05) is 29.8 Å². The Morgan fingerprint density at radius 2 is 1.58 bits per heavy atom. The number of esters is 2. The first-order valence-electron chi connectivity index (χ1n) is 13.3. The lowest BCUT2D eigenvalue weighted by atomic mass is 10.1. The third kappa shape index (κ3) is 8.58. The summed E-state index contributed by atoms with van der Waals surface area (Å²) in [6, 6.07) is 23.1. The second-order valence-corrected chi connectivity index (χ2v) is 9.29. The highest BCUT2D eigenvalue weighted by Crippen LogP contribution is 2.32. The summed E-state index contributed by atoms with van der Waals surface area (Å²) in [4.78, 5) is 60.1. The summed E-state index contributed by atoms with van der Waals surface area (Å²) in [5.41, 5.74) is 3.36. The number of nitrogens with one attached hydrogen (secondary N) is 2. The number of rotatable bonds is 11. The molecule has 0 aliphatic rings. The van der Waals surface area contributed by atoms with Crippen molar-refractivity contribution in [2.24, 2.45) is 5.10 Å². The van der Waals surface area contributed by atoms with Gasteiger partial charge in [-0.15, -0.1) is 0 Å². The molecule has 0 fully saturated rings. The van der Waals surface area contributed by atoms with Crippen LogP contribution in [-0.2, 0) is 16.0 Å². The van der Waals surface area contributed by atoms with E-state index in [0.717, 1.165) is 17.8 Å². The number of anilines is 1. The Kier molecular flexibility index (Phi) is 10.3. The van der Waals surface area contributed by atoms with Crippen molar-refractivity contribution in [1.82, 2.24) is 5.43 Å². The Hall–Kier alpha value is -6.37. The van der Waals surface area contributed by atoms with Gasteiger partial charge in [0.25, 0.3) is 5.91 Å². The van der Waals surface area contributed by atoms with Gasteiger partial charge in [0.2, 0.25) is 11.7 Å². The van der Waals surface area contributed by atoms with Gasteiger partial charge in [-0.3, -0.25) is 24.5 Å². The van der Waals surface area contributed by atoms with Crippen LogP contribution in [0.15, 0.2) is 96.1 Å².